The van der Waals surface area contributed by atoms with Crippen LogP contribution in [0, 0.1) is 11.3 Å². The number of allylic oxidation sites excluding steroid dienone is 3. The van der Waals surface area contributed by atoms with Gasteiger partial charge in [0.25, 0.3) is 0 Å². The molecule has 0 amide bonds. The van der Waals surface area contributed by atoms with Crippen LogP contribution < -0.4 is 0 Å². The molecule has 0 aromatic carbocycles. The molecule has 118 valence electrons. The van der Waals surface area contributed by atoms with Gasteiger partial charge >= 0.3 is 5.97 Å². The molecule has 1 aliphatic rings. The molecule has 2 atom stereocenters. The smallest absolute Gasteiger partial charge is 0.306 e. The van der Waals surface area contributed by atoms with Crippen molar-refractivity contribution in [2.75, 3.05) is 0 Å². The van der Waals surface area contributed by atoms with Crippen molar-refractivity contribution in [2.45, 2.75) is 66.4 Å². The van der Waals surface area contributed by atoms with Gasteiger partial charge in [0.15, 0.2) is 5.78 Å². The van der Waals surface area contributed by atoms with E-state index in [1.807, 2.05) is 19.9 Å². The Bertz CT molecular complexity index is 443. The van der Waals surface area contributed by atoms with Gasteiger partial charge in [-0.25, -0.2) is 0 Å². The number of esters is 1. The topological polar surface area (TPSA) is 43.4 Å². The average molecular weight is 292 g/mol. The fourth-order valence-electron chi connectivity index (χ4n) is 2.88. The van der Waals surface area contributed by atoms with Crippen LogP contribution in [0.4, 0.5) is 0 Å². The van der Waals surface area contributed by atoms with Crippen LogP contribution >= 0.6 is 0 Å². The number of ketones is 1. The molecule has 0 N–H and O–H groups in total. The second kappa shape index (κ2) is 7.58. The molecular formula is C18H28O3. The monoisotopic (exact) mass is 292 g/mol. The van der Waals surface area contributed by atoms with Crippen molar-refractivity contribution in [3.8, 4) is 0 Å². The number of ether oxygens (including phenoxy) is 1. The predicted molar refractivity (Wildman–Crippen MR) is 84.9 cm³/mol. The van der Waals surface area contributed by atoms with Crippen LogP contribution in [-0.2, 0) is 14.3 Å². The molecule has 0 bridgehead atoms. The number of carbonyl (C=O) groups is 2. The molecule has 1 aliphatic carbocycles. The average Bonchev–Trinajstić information content (AvgIpc) is 2.33. The SMILES string of the molecule is CCCCC(=O)OC(C)C=CC1C(C)=CC(=O)CC1(C)C. The molecule has 3 nitrogen and oxygen atoms in total. The molecule has 0 heterocycles. The quantitative estimate of drug-likeness (QED) is 0.543. The van der Waals surface area contributed by atoms with E-state index in [9.17, 15) is 9.59 Å². The lowest BCUT2D eigenvalue weighted by Gasteiger charge is -2.36. The molecule has 0 saturated carbocycles. The summed E-state index contributed by atoms with van der Waals surface area (Å²) in [4.78, 5) is 23.2. The summed E-state index contributed by atoms with van der Waals surface area (Å²) in [6.07, 6.45) is 8.43. The summed E-state index contributed by atoms with van der Waals surface area (Å²) in [5.74, 6) is 0.271. The lowest BCUT2D eigenvalue weighted by Crippen LogP contribution is -2.30. The first-order chi connectivity index (χ1) is 9.76. The third kappa shape index (κ3) is 5.49. The van der Waals surface area contributed by atoms with Crippen molar-refractivity contribution in [2.24, 2.45) is 11.3 Å². The minimum absolute atomic E-state index is 0.0850. The van der Waals surface area contributed by atoms with Gasteiger partial charge in [0, 0.05) is 18.8 Å². The Balaban J connectivity index is 2.64. The van der Waals surface area contributed by atoms with E-state index in [1.165, 1.54) is 0 Å². The highest BCUT2D eigenvalue weighted by atomic mass is 16.5. The van der Waals surface area contributed by atoms with Gasteiger partial charge in [0.1, 0.15) is 6.10 Å². The van der Waals surface area contributed by atoms with E-state index in [4.69, 9.17) is 4.74 Å². The Hall–Kier alpha value is -1.38. The molecule has 0 spiro atoms. The van der Waals surface area contributed by atoms with Gasteiger partial charge in [-0.2, -0.15) is 0 Å². The second-order valence-electron chi connectivity index (χ2n) is 6.68. The van der Waals surface area contributed by atoms with Crippen molar-refractivity contribution < 1.29 is 14.3 Å². The van der Waals surface area contributed by atoms with Crippen LogP contribution in [0.3, 0.4) is 0 Å². The van der Waals surface area contributed by atoms with Crippen LogP contribution in [0.2, 0.25) is 0 Å². The Morgan fingerprint density at radius 3 is 2.76 bits per heavy atom. The normalized spacial score (nSPS) is 23.0. The van der Waals surface area contributed by atoms with E-state index in [0.717, 1.165) is 18.4 Å². The number of hydrogen-bond donors (Lipinski definition) is 0. The lowest BCUT2D eigenvalue weighted by molar-refractivity contribution is -0.146. The minimum Gasteiger partial charge on any atom is -0.458 e. The molecule has 0 radical (unpaired) electrons. The second-order valence-corrected chi connectivity index (χ2v) is 6.68. The van der Waals surface area contributed by atoms with Gasteiger partial charge in [-0.1, -0.05) is 38.8 Å². The molecule has 21 heavy (non-hydrogen) atoms. The largest absolute Gasteiger partial charge is 0.458 e. The first-order valence-corrected chi connectivity index (χ1v) is 7.85. The highest BCUT2D eigenvalue weighted by molar-refractivity contribution is 5.92. The summed E-state index contributed by atoms with van der Waals surface area (Å²) in [5, 5.41) is 0. The summed E-state index contributed by atoms with van der Waals surface area (Å²) < 4.78 is 5.36. The van der Waals surface area contributed by atoms with Gasteiger partial charge in [-0.05, 0) is 37.8 Å². The number of hydrogen-bond acceptors (Lipinski definition) is 3. The maximum atomic E-state index is 11.6. The molecule has 2 unspecified atom stereocenters. The van der Waals surface area contributed by atoms with Crippen LogP contribution in [-0.4, -0.2) is 17.9 Å². The predicted octanol–water partition coefficient (Wildman–Crippen LogP) is 4.23. The van der Waals surface area contributed by atoms with Crippen LogP contribution in [0.5, 0.6) is 0 Å². The first-order valence-electron chi connectivity index (χ1n) is 7.85. The summed E-state index contributed by atoms with van der Waals surface area (Å²) >= 11 is 0. The molecule has 3 heteroatoms. The Kier molecular flexibility index (Phi) is 6.38. The Labute approximate surface area is 128 Å². The van der Waals surface area contributed by atoms with E-state index in [0.29, 0.717) is 12.8 Å². The first kappa shape index (κ1) is 17.7. The van der Waals surface area contributed by atoms with Crippen molar-refractivity contribution >= 4 is 11.8 Å². The fraction of sp³-hybridized carbons (Fsp3) is 0.667. The van der Waals surface area contributed by atoms with Crippen LogP contribution in [0.1, 0.15) is 60.3 Å². The van der Waals surface area contributed by atoms with E-state index in [1.54, 1.807) is 6.08 Å². The summed E-state index contributed by atoms with van der Waals surface area (Å²) in [6.45, 7) is 10.1. The van der Waals surface area contributed by atoms with Gasteiger partial charge < -0.3 is 4.74 Å². The van der Waals surface area contributed by atoms with Crippen molar-refractivity contribution in [3.63, 3.8) is 0 Å². The van der Waals surface area contributed by atoms with Gasteiger partial charge in [-0.15, -0.1) is 0 Å². The van der Waals surface area contributed by atoms with E-state index < -0.39 is 0 Å². The zero-order valence-corrected chi connectivity index (χ0v) is 13.9. The number of rotatable bonds is 6. The van der Waals surface area contributed by atoms with Crippen molar-refractivity contribution in [3.05, 3.63) is 23.8 Å². The molecule has 0 aromatic heterocycles. The van der Waals surface area contributed by atoms with Gasteiger partial charge in [0.2, 0.25) is 0 Å². The maximum Gasteiger partial charge on any atom is 0.306 e. The fourth-order valence-corrected chi connectivity index (χ4v) is 2.88. The summed E-state index contributed by atoms with van der Waals surface area (Å²) in [6, 6.07) is 0. The highest BCUT2D eigenvalue weighted by Crippen LogP contribution is 2.40. The van der Waals surface area contributed by atoms with Crippen LogP contribution in [0.25, 0.3) is 0 Å². The minimum atomic E-state index is -0.226. The Morgan fingerprint density at radius 1 is 1.52 bits per heavy atom. The van der Waals surface area contributed by atoms with Gasteiger partial charge in [-0.3, -0.25) is 9.59 Å². The molecule has 1 rings (SSSR count). The van der Waals surface area contributed by atoms with E-state index in [-0.39, 0.29) is 29.2 Å². The molecule has 0 aromatic rings. The summed E-state index contributed by atoms with van der Waals surface area (Å²) in [7, 11) is 0. The standard InChI is InChI=1S/C18H28O3/c1-6-7-8-17(20)21-14(3)9-10-16-13(2)11-15(19)12-18(16,4)5/h9-11,14,16H,6-8,12H2,1-5H3. The number of unbranched alkanes of at least 4 members (excludes halogenated alkanes) is 1. The zero-order valence-electron chi connectivity index (χ0n) is 13.9. The third-order valence-electron chi connectivity index (χ3n) is 3.98. The third-order valence-corrected chi connectivity index (χ3v) is 3.98. The molecular weight excluding hydrogens is 264 g/mol. The van der Waals surface area contributed by atoms with E-state index in [2.05, 4.69) is 26.8 Å². The maximum absolute atomic E-state index is 11.6. The van der Waals surface area contributed by atoms with Gasteiger partial charge in [0.05, 0.1) is 0 Å². The molecule has 0 aliphatic heterocycles. The number of carbonyl (C=O) groups excluding carboxylic acids is 2. The van der Waals surface area contributed by atoms with E-state index >= 15 is 0 Å². The highest BCUT2D eigenvalue weighted by Gasteiger charge is 2.34. The zero-order chi connectivity index (χ0) is 16.0. The lowest BCUT2D eigenvalue weighted by atomic mass is 9.68. The van der Waals surface area contributed by atoms with Crippen molar-refractivity contribution in [1.29, 1.82) is 0 Å². The molecule has 0 fully saturated rings. The molecule has 0 saturated heterocycles. The van der Waals surface area contributed by atoms with Crippen molar-refractivity contribution in [1.82, 2.24) is 0 Å². The summed E-state index contributed by atoms with van der Waals surface area (Å²) in [5.41, 5.74) is 0.996. The van der Waals surface area contributed by atoms with Crippen LogP contribution in [0.15, 0.2) is 23.8 Å². The Morgan fingerprint density at radius 2 is 2.19 bits per heavy atom.